The number of hydrogen-bond acceptors (Lipinski definition) is 11. The van der Waals surface area contributed by atoms with Crippen molar-refractivity contribution in [1.29, 1.82) is 5.26 Å². The molecule has 0 amide bonds. The Bertz CT molecular complexity index is 2400. The highest BCUT2D eigenvalue weighted by molar-refractivity contribution is 7.10. The summed E-state index contributed by atoms with van der Waals surface area (Å²) in [6, 6.07) is 27.9. The van der Waals surface area contributed by atoms with E-state index in [0.29, 0.717) is 46.2 Å². The van der Waals surface area contributed by atoms with Crippen molar-refractivity contribution in [2.24, 2.45) is 0 Å². The molecule has 6 aromatic rings. The van der Waals surface area contributed by atoms with Gasteiger partial charge in [-0.3, -0.25) is 9.80 Å². The van der Waals surface area contributed by atoms with Crippen LogP contribution >= 0.6 is 34.7 Å². The molecule has 0 saturated carbocycles. The van der Waals surface area contributed by atoms with Gasteiger partial charge in [-0.25, -0.2) is 0 Å². The molecule has 9 nitrogen and oxygen atoms in total. The lowest BCUT2D eigenvalue weighted by Crippen LogP contribution is -2.47. The first-order chi connectivity index (χ1) is 29.3. The second kappa shape index (κ2) is 19.7. The lowest BCUT2D eigenvalue weighted by molar-refractivity contribution is -0.138. The van der Waals surface area contributed by atoms with E-state index >= 15 is 0 Å². The van der Waals surface area contributed by atoms with E-state index in [2.05, 4.69) is 44.4 Å². The largest absolute Gasteiger partial charge is 0.416 e. The summed E-state index contributed by atoms with van der Waals surface area (Å²) in [5.41, 5.74) is 2.60. The molecule has 8 rings (SSSR count). The minimum absolute atomic E-state index is 0.586. The number of alkyl halides is 6. The van der Waals surface area contributed by atoms with Gasteiger partial charge in [-0.1, -0.05) is 60.1 Å². The van der Waals surface area contributed by atoms with Crippen LogP contribution in [0, 0.1) is 11.3 Å². The Morgan fingerprint density at radius 3 is 1.48 bits per heavy atom. The summed E-state index contributed by atoms with van der Waals surface area (Å²) in [6.45, 7) is 8.00. The molecule has 2 fully saturated rings. The molecule has 0 unspecified atom stereocenters. The Balaban J connectivity index is 0.000000184. The van der Waals surface area contributed by atoms with E-state index in [0.717, 1.165) is 99.0 Å². The molecule has 318 valence electrons. The fourth-order valence-electron chi connectivity index (χ4n) is 6.95. The zero-order valence-electron chi connectivity index (χ0n) is 32.7. The first kappa shape index (κ1) is 44.0. The Morgan fingerprint density at radius 2 is 1.03 bits per heavy atom. The number of aromatic nitrogens is 4. The third-order valence-electron chi connectivity index (χ3n) is 10.4. The van der Waals surface area contributed by atoms with Gasteiger partial charge >= 0.3 is 12.4 Å². The van der Waals surface area contributed by atoms with Crippen molar-refractivity contribution in [3.63, 3.8) is 0 Å². The molecule has 0 aliphatic carbocycles. The summed E-state index contributed by atoms with van der Waals surface area (Å²) >= 11 is 8.77. The van der Waals surface area contributed by atoms with Crippen LogP contribution in [-0.4, -0.2) is 94.0 Å². The van der Waals surface area contributed by atoms with Gasteiger partial charge in [0.05, 0.1) is 22.8 Å². The monoisotopic (exact) mass is 895 g/mol. The van der Waals surface area contributed by atoms with Crippen molar-refractivity contribution < 1.29 is 26.3 Å². The molecule has 0 bridgehead atoms. The summed E-state index contributed by atoms with van der Waals surface area (Å²) in [6.07, 6.45) is -7.42. The summed E-state index contributed by atoms with van der Waals surface area (Å²) in [5, 5.41) is 11.3. The van der Waals surface area contributed by atoms with Crippen LogP contribution in [0.25, 0.3) is 22.8 Å². The van der Waals surface area contributed by atoms with Crippen LogP contribution in [0.3, 0.4) is 0 Å². The van der Waals surface area contributed by atoms with Gasteiger partial charge in [0.25, 0.3) is 0 Å². The van der Waals surface area contributed by atoms with E-state index in [-0.39, 0.29) is 0 Å². The maximum atomic E-state index is 12.9. The molecule has 0 radical (unpaired) electrons. The van der Waals surface area contributed by atoms with Crippen molar-refractivity contribution in [1.82, 2.24) is 28.5 Å². The number of anilines is 2. The van der Waals surface area contributed by atoms with Crippen LogP contribution in [0.4, 0.5) is 36.6 Å². The molecule has 61 heavy (non-hydrogen) atoms. The van der Waals surface area contributed by atoms with Crippen molar-refractivity contribution >= 4 is 44.9 Å². The van der Waals surface area contributed by atoms with Crippen molar-refractivity contribution in [3.05, 3.63) is 130 Å². The van der Waals surface area contributed by atoms with Gasteiger partial charge in [-0.15, -0.1) is 0 Å². The summed E-state index contributed by atoms with van der Waals surface area (Å²) in [7, 11) is 0. The molecule has 4 aromatic carbocycles. The van der Waals surface area contributed by atoms with E-state index in [4.69, 9.17) is 16.9 Å². The number of halogens is 7. The third-order valence-corrected chi connectivity index (χ3v) is 12.2. The summed E-state index contributed by atoms with van der Waals surface area (Å²) in [5.74, 6) is 1.32. The minimum Gasteiger partial charge on any atom is -0.344 e. The fourth-order valence-corrected chi connectivity index (χ4v) is 8.62. The van der Waals surface area contributed by atoms with Gasteiger partial charge in [0.15, 0.2) is 11.6 Å². The Hall–Kier alpha value is -5.12. The van der Waals surface area contributed by atoms with Gasteiger partial charge in [0.2, 0.25) is 10.3 Å². The molecule has 4 heterocycles. The fraction of sp³-hybridized carbons (Fsp3) is 0.326. The molecule has 2 aliphatic rings. The van der Waals surface area contributed by atoms with Crippen LogP contribution in [-0.2, 0) is 25.2 Å². The van der Waals surface area contributed by atoms with E-state index < -0.39 is 23.5 Å². The number of benzene rings is 4. The average Bonchev–Trinajstić information content (AvgIpc) is 3.97. The zero-order chi connectivity index (χ0) is 43.0. The molecule has 0 atom stereocenters. The lowest BCUT2D eigenvalue weighted by Gasteiger charge is -2.34. The number of nitrogens with zero attached hydrogens (tertiary/aromatic N) is 9. The molecule has 0 N–H and O–H groups in total. The van der Waals surface area contributed by atoms with Gasteiger partial charge in [-0.2, -0.15) is 50.3 Å². The van der Waals surface area contributed by atoms with Gasteiger partial charge in [0, 0.05) is 105 Å². The van der Waals surface area contributed by atoms with Crippen LogP contribution in [0.5, 0.6) is 0 Å². The van der Waals surface area contributed by atoms with Crippen LogP contribution < -0.4 is 9.80 Å². The minimum atomic E-state index is -4.31. The van der Waals surface area contributed by atoms with Crippen molar-refractivity contribution in [2.45, 2.75) is 25.2 Å². The maximum absolute atomic E-state index is 12.9. The molecular weight excluding hydrogens is 856 g/mol. The van der Waals surface area contributed by atoms with Gasteiger partial charge < -0.3 is 9.80 Å². The Morgan fingerprint density at radius 1 is 0.574 bits per heavy atom. The summed E-state index contributed by atoms with van der Waals surface area (Å²) < 4.78 is 86.1. The van der Waals surface area contributed by atoms with Gasteiger partial charge in [-0.05, 0) is 72.5 Å². The maximum Gasteiger partial charge on any atom is 0.416 e. The molecule has 2 saturated heterocycles. The van der Waals surface area contributed by atoms with Crippen molar-refractivity contribution in [3.8, 4) is 28.8 Å². The predicted octanol–water partition coefficient (Wildman–Crippen LogP) is 9.70. The quantitative estimate of drug-likeness (QED) is 0.125. The third kappa shape index (κ3) is 12.0. The number of nitriles is 1. The van der Waals surface area contributed by atoms with Crippen LogP contribution in [0.1, 0.15) is 27.8 Å². The van der Waals surface area contributed by atoms with Gasteiger partial charge in [0.1, 0.15) is 0 Å². The van der Waals surface area contributed by atoms with Crippen LogP contribution in [0.2, 0.25) is 5.02 Å². The molecule has 0 spiro atoms. The smallest absolute Gasteiger partial charge is 0.344 e. The van der Waals surface area contributed by atoms with Crippen LogP contribution in [0.15, 0.2) is 97.1 Å². The number of piperazine rings is 2. The van der Waals surface area contributed by atoms with E-state index in [1.807, 2.05) is 36.4 Å². The summed E-state index contributed by atoms with van der Waals surface area (Å²) in [4.78, 5) is 18.2. The first-order valence-corrected chi connectivity index (χ1v) is 21.4. The second-order valence-electron chi connectivity index (χ2n) is 14.6. The molecule has 2 aliphatic heterocycles. The standard InChI is InChI=1S/C22H20F3N5S.C21H20ClF3N4S/c23-22(24,25)19-3-1-2-16(14-19)8-9-29-10-12-30(13-11-29)21-27-20(28-31-21)18-6-4-17(15-26)5-7-18;22-18-6-2-4-16(14-18)19-26-20(30-27-19)29-11-9-28(10-12-29)8-7-15-3-1-5-17(13-15)21(23,24)25/h1-7,14H,8-13H2;1-6,13-14H,7-12H2. The Kier molecular flexibility index (Phi) is 14.2. The second-order valence-corrected chi connectivity index (χ2v) is 16.5. The van der Waals surface area contributed by atoms with E-state index in [9.17, 15) is 26.3 Å². The molecular formula is C43H40ClF6N9S2. The molecule has 18 heteroatoms. The topological polar surface area (TPSA) is 88.3 Å². The number of rotatable bonds is 10. The lowest BCUT2D eigenvalue weighted by atomic mass is 10.1. The Labute approximate surface area is 362 Å². The average molecular weight is 896 g/mol. The predicted molar refractivity (Wildman–Crippen MR) is 228 cm³/mol. The highest BCUT2D eigenvalue weighted by Gasteiger charge is 2.31. The van der Waals surface area contributed by atoms with E-state index in [1.54, 1.807) is 24.3 Å². The highest BCUT2D eigenvalue weighted by atomic mass is 35.5. The normalized spacial score (nSPS) is 15.3. The van der Waals surface area contributed by atoms with E-state index in [1.165, 1.54) is 47.3 Å². The SMILES string of the molecule is FC(F)(F)c1cccc(CCN2CCN(c3nc(-c4cccc(Cl)c4)ns3)CC2)c1.N#Cc1ccc(-c2nsc(N3CCN(CCc4cccc(C(F)(F)F)c4)CC3)n2)cc1. The highest BCUT2D eigenvalue weighted by Crippen LogP contribution is 2.32. The van der Waals surface area contributed by atoms with Crippen molar-refractivity contribution in [2.75, 3.05) is 75.2 Å². The zero-order valence-corrected chi connectivity index (χ0v) is 35.1. The number of hydrogen-bond donors (Lipinski definition) is 0. The first-order valence-electron chi connectivity index (χ1n) is 19.5. The molecule has 2 aromatic heterocycles.